The van der Waals surface area contributed by atoms with Crippen molar-refractivity contribution in [1.82, 2.24) is 9.55 Å². The maximum Gasteiger partial charge on any atom is 0.248 e. The van der Waals surface area contributed by atoms with E-state index in [0.29, 0.717) is 12.5 Å². The molecular formula is C25H22N4O. The standard InChI is InChI=1S/C25H22N4O/c26-22-18-28(23(22)30)24-27-16-17-29(24)25(19-10-4-1-5-11-19,20-12-6-2-7-13-20)21-14-8-3-9-15-21/h1-17,22H,18,26H2/t22-/m0/s1. The SMILES string of the molecule is N[C@H]1CN(c2nccn2C(c2ccccc2)(c2ccccc2)c2ccccc2)C1=O. The molecule has 30 heavy (non-hydrogen) atoms. The van der Waals surface area contributed by atoms with Gasteiger partial charge in [0.2, 0.25) is 11.9 Å². The second-order valence-electron chi connectivity index (χ2n) is 7.46. The molecule has 0 aliphatic carbocycles. The molecule has 2 heterocycles. The van der Waals surface area contributed by atoms with Gasteiger partial charge in [0.15, 0.2) is 0 Å². The minimum Gasteiger partial charge on any atom is -0.318 e. The Labute approximate surface area is 175 Å². The Hall–Kier alpha value is -3.70. The minimum atomic E-state index is -0.699. The molecule has 1 aliphatic rings. The molecule has 3 aromatic carbocycles. The zero-order chi connectivity index (χ0) is 20.6. The van der Waals surface area contributed by atoms with Crippen LogP contribution in [-0.2, 0) is 10.3 Å². The summed E-state index contributed by atoms with van der Waals surface area (Å²) in [6.07, 6.45) is 3.69. The molecular weight excluding hydrogens is 372 g/mol. The van der Waals surface area contributed by atoms with Crippen molar-refractivity contribution in [3.05, 3.63) is 120 Å². The normalized spacial score (nSPS) is 16.4. The number of carbonyl (C=O) groups excluding carboxylic acids is 1. The highest BCUT2D eigenvalue weighted by molar-refractivity contribution is 6.02. The lowest BCUT2D eigenvalue weighted by atomic mass is 9.76. The molecule has 1 amide bonds. The number of β-lactam (4-membered cyclic amide) rings is 1. The molecule has 0 bridgehead atoms. The quantitative estimate of drug-likeness (QED) is 0.417. The maximum atomic E-state index is 12.5. The first kappa shape index (κ1) is 18.3. The Morgan fingerprint density at radius 2 is 1.27 bits per heavy atom. The van der Waals surface area contributed by atoms with Crippen molar-refractivity contribution in [3.8, 4) is 0 Å². The second kappa shape index (κ2) is 7.28. The number of hydrogen-bond acceptors (Lipinski definition) is 3. The first-order chi connectivity index (χ1) is 14.7. The molecule has 1 saturated heterocycles. The topological polar surface area (TPSA) is 64.2 Å². The van der Waals surface area contributed by atoms with Gasteiger partial charge in [-0.15, -0.1) is 0 Å². The fourth-order valence-electron chi connectivity index (χ4n) is 4.35. The Morgan fingerprint density at radius 1 is 0.800 bits per heavy atom. The van der Waals surface area contributed by atoms with Gasteiger partial charge in [0.05, 0.1) is 6.54 Å². The third-order valence-electron chi connectivity index (χ3n) is 5.76. The van der Waals surface area contributed by atoms with E-state index in [4.69, 9.17) is 5.73 Å². The number of anilines is 1. The summed E-state index contributed by atoms with van der Waals surface area (Å²) in [7, 11) is 0. The molecule has 5 heteroatoms. The summed E-state index contributed by atoms with van der Waals surface area (Å²) in [5.74, 6) is 0.490. The Balaban J connectivity index is 1.85. The van der Waals surface area contributed by atoms with Crippen LogP contribution in [0.2, 0.25) is 0 Å². The lowest BCUT2D eigenvalue weighted by Crippen LogP contribution is -2.62. The third kappa shape index (κ3) is 2.67. The molecule has 4 aromatic rings. The predicted octanol–water partition coefficient (Wildman–Crippen LogP) is 3.40. The van der Waals surface area contributed by atoms with E-state index < -0.39 is 11.6 Å². The van der Waals surface area contributed by atoms with E-state index >= 15 is 0 Å². The number of hydrogen-bond donors (Lipinski definition) is 1. The van der Waals surface area contributed by atoms with Crippen molar-refractivity contribution in [2.24, 2.45) is 5.73 Å². The average Bonchev–Trinajstić information content (AvgIpc) is 3.29. The number of imidazole rings is 1. The molecule has 0 spiro atoms. The zero-order valence-corrected chi connectivity index (χ0v) is 16.4. The smallest absolute Gasteiger partial charge is 0.248 e. The first-order valence-corrected chi connectivity index (χ1v) is 10.0. The van der Waals surface area contributed by atoms with Crippen molar-refractivity contribution >= 4 is 11.9 Å². The predicted molar refractivity (Wildman–Crippen MR) is 117 cm³/mol. The van der Waals surface area contributed by atoms with Crippen LogP contribution in [-0.4, -0.2) is 28.0 Å². The molecule has 1 fully saturated rings. The number of aromatic nitrogens is 2. The van der Waals surface area contributed by atoms with Crippen LogP contribution in [0.4, 0.5) is 5.95 Å². The molecule has 0 radical (unpaired) electrons. The molecule has 0 unspecified atom stereocenters. The third-order valence-corrected chi connectivity index (χ3v) is 5.76. The number of benzene rings is 3. The molecule has 5 rings (SSSR count). The highest BCUT2D eigenvalue weighted by atomic mass is 16.2. The van der Waals surface area contributed by atoms with E-state index in [9.17, 15) is 4.79 Å². The summed E-state index contributed by atoms with van der Waals surface area (Å²) in [6, 6.07) is 30.5. The highest BCUT2D eigenvalue weighted by Gasteiger charge is 2.44. The Bertz CT molecular complexity index is 1060. The minimum absolute atomic E-state index is 0.106. The molecule has 2 N–H and O–H groups in total. The van der Waals surface area contributed by atoms with Gasteiger partial charge in [0.25, 0.3) is 0 Å². The van der Waals surface area contributed by atoms with Gasteiger partial charge in [0.1, 0.15) is 11.6 Å². The Kier molecular flexibility index (Phi) is 4.45. The summed E-state index contributed by atoms with van der Waals surface area (Å²) in [6.45, 7) is 0.463. The molecule has 1 aliphatic heterocycles. The van der Waals surface area contributed by atoms with Gasteiger partial charge in [0, 0.05) is 12.4 Å². The van der Waals surface area contributed by atoms with Crippen LogP contribution < -0.4 is 10.6 Å². The molecule has 1 atom stereocenters. The highest BCUT2D eigenvalue weighted by Crippen LogP contribution is 2.43. The van der Waals surface area contributed by atoms with Crippen molar-refractivity contribution in [2.75, 3.05) is 11.4 Å². The van der Waals surface area contributed by atoms with Gasteiger partial charge in [-0.1, -0.05) is 91.0 Å². The van der Waals surface area contributed by atoms with Crippen LogP contribution in [0.5, 0.6) is 0 Å². The summed E-state index contributed by atoms with van der Waals surface area (Å²) >= 11 is 0. The van der Waals surface area contributed by atoms with Crippen molar-refractivity contribution < 1.29 is 4.79 Å². The Morgan fingerprint density at radius 3 is 1.67 bits per heavy atom. The number of nitrogens with two attached hydrogens (primary N) is 1. The lowest BCUT2D eigenvalue weighted by molar-refractivity contribution is -0.123. The van der Waals surface area contributed by atoms with Gasteiger partial charge in [-0.2, -0.15) is 0 Å². The van der Waals surface area contributed by atoms with E-state index in [1.807, 2.05) is 60.8 Å². The van der Waals surface area contributed by atoms with Crippen LogP contribution >= 0.6 is 0 Å². The van der Waals surface area contributed by atoms with Crippen molar-refractivity contribution in [2.45, 2.75) is 11.6 Å². The molecule has 5 nitrogen and oxygen atoms in total. The maximum absolute atomic E-state index is 12.5. The number of carbonyl (C=O) groups is 1. The summed E-state index contributed by atoms with van der Waals surface area (Å²) in [5.41, 5.74) is 8.43. The summed E-state index contributed by atoms with van der Waals surface area (Å²) in [5, 5.41) is 0. The van der Waals surface area contributed by atoms with Crippen LogP contribution in [0.25, 0.3) is 0 Å². The number of rotatable bonds is 5. The van der Waals surface area contributed by atoms with Gasteiger partial charge in [-0.3, -0.25) is 14.3 Å². The van der Waals surface area contributed by atoms with Gasteiger partial charge < -0.3 is 5.73 Å². The van der Waals surface area contributed by atoms with Crippen LogP contribution in [0.3, 0.4) is 0 Å². The second-order valence-corrected chi connectivity index (χ2v) is 7.46. The fraction of sp³-hybridized carbons (Fsp3) is 0.120. The van der Waals surface area contributed by atoms with Crippen molar-refractivity contribution in [3.63, 3.8) is 0 Å². The number of amides is 1. The lowest BCUT2D eigenvalue weighted by Gasteiger charge is -2.42. The molecule has 1 aromatic heterocycles. The molecule has 0 saturated carbocycles. The van der Waals surface area contributed by atoms with E-state index in [2.05, 4.69) is 45.9 Å². The van der Waals surface area contributed by atoms with Crippen LogP contribution in [0.1, 0.15) is 16.7 Å². The number of nitrogens with zero attached hydrogens (tertiary/aromatic N) is 3. The van der Waals surface area contributed by atoms with Gasteiger partial charge in [-0.05, 0) is 16.7 Å². The summed E-state index contributed by atoms with van der Waals surface area (Å²) in [4.78, 5) is 18.7. The van der Waals surface area contributed by atoms with E-state index in [-0.39, 0.29) is 5.91 Å². The van der Waals surface area contributed by atoms with Gasteiger partial charge in [-0.25, -0.2) is 4.98 Å². The van der Waals surface area contributed by atoms with Gasteiger partial charge >= 0.3 is 0 Å². The molecule has 148 valence electrons. The largest absolute Gasteiger partial charge is 0.318 e. The fourth-order valence-corrected chi connectivity index (χ4v) is 4.35. The summed E-state index contributed by atoms with van der Waals surface area (Å²) < 4.78 is 2.09. The van der Waals surface area contributed by atoms with E-state index in [1.54, 1.807) is 11.1 Å². The zero-order valence-electron chi connectivity index (χ0n) is 16.4. The van der Waals surface area contributed by atoms with Crippen LogP contribution in [0, 0.1) is 0 Å². The van der Waals surface area contributed by atoms with E-state index in [0.717, 1.165) is 16.7 Å². The first-order valence-electron chi connectivity index (χ1n) is 10.0. The van der Waals surface area contributed by atoms with Crippen molar-refractivity contribution in [1.29, 1.82) is 0 Å². The monoisotopic (exact) mass is 394 g/mol. The van der Waals surface area contributed by atoms with Crippen LogP contribution in [0.15, 0.2) is 103 Å². The average molecular weight is 394 g/mol. The van der Waals surface area contributed by atoms with E-state index in [1.165, 1.54) is 0 Å².